The van der Waals surface area contributed by atoms with Crippen molar-refractivity contribution in [3.05, 3.63) is 43.2 Å². The van der Waals surface area contributed by atoms with Gasteiger partial charge in [0, 0.05) is 21.8 Å². The summed E-state index contributed by atoms with van der Waals surface area (Å²) in [5, 5.41) is 5.74. The summed E-state index contributed by atoms with van der Waals surface area (Å²) in [6, 6.07) is 9.37. The van der Waals surface area contributed by atoms with Gasteiger partial charge in [0.2, 0.25) is 0 Å². The van der Waals surface area contributed by atoms with E-state index in [9.17, 15) is 0 Å². The van der Waals surface area contributed by atoms with E-state index in [0.29, 0.717) is 12.1 Å². The van der Waals surface area contributed by atoms with Crippen LogP contribution in [0.4, 0.5) is 0 Å². The Morgan fingerprint density at radius 3 is 2.44 bits per heavy atom. The van der Waals surface area contributed by atoms with Crippen molar-refractivity contribution in [1.82, 2.24) is 5.32 Å². The molecule has 0 aliphatic heterocycles. The van der Waals surface area contributed by atoms with Gasteiger partial charge in [0.15, 0.2) is 0 Å². The molecule has 2 rings (SSSR count). The molecule has 0 radical (unpaired) electrons. The lowest BCUT2D eigenvalue weighted by atomic mass is 10.2. The first-order valence-corrected chi connectivity index (χ1v) is 7.70. The molecule has 0 fully saturated rings. The second-order valence-electron chi connectivity index (χ2n) is 3.77. The number of hydrogen-bond donors (Lipinski definition) is 1. The molecule has 2 aromatic rings. The Labute approximate surface area is 113 Å². The molecule has 0 spiro atoms. The van der Waals surface area contributed by atoms with Gasteiger partial charge >= 0.3 is 0 Å². The van der Waals surface area contributed by atoms with Crippen molar-refractivity contribution in [2.24, 2.45) is 0 Å². The minimum absolute atomic E-state index is 0.397. The fourth-order valence-electron chi connectivity index (χ4n) is 1.64. The molecule has 86 valence electrons. The Hall–Kier alpha value is -0.160. The summed E-state index contributed by atoms with van der Waals surface area (Å²) in [6.07, 6.45) is 0. The molecule has 0 saturated heterocycles. The van der Waals surface area contributed by atoms with E-state index in [1.54, 1.807) is 22.7 Å². The van der Waals surface area contributed by atoms with Gasteiger partial charge in [0.25, 0.3) is 0 Å². The fraction of sp³-hybridized carbons (Fsp3) is 0.333. The van der Waals surface area contributed by atoms with Crippen LogP contribution in [0.15, 0.2) is 33.4 Å². The second-order valence-corrected chi connectivity index (χ2v) is 7.24. The maximum absolute atomic E-state index is 3.61. The molecule has 0 saturated carbocycles. The third kappa shape index (κ3) is 2.94. The molecular weight excluding hydrogens is 302 g/mol. The highest BCUT2D eigenvalue weighted by molar-refractivity contribution is 9.11. The van der Waals surface area contributed by atoms with Crippen molar-refractivity contribution < 1.29 is 0 Å². The van der Waals surface area contributed by atoms with Crippen LogP contribution < -0.4 is 5.32 Å². The molecule has 0 bridgehead atoms. The monoisotopic (exact) mass is 315 g/mol. The van der Waals surface area contributed by atoms with E-state index < -0.39 is 0 Å². The van der Waals surface area contributed by atoms with E-state index in [0.717, 1.165) is 0 Å². The topological polar surface area (TPSA) is 12.0 Å². The van der Waals surface area contributed by atoms with Gasteiger partial charge in [-0.25, -0.2) is 0 Å². The number of nitrogens with one attached hydrogen (secondary N) is 1. The SMILES string of the molecule is CC(NC(C)c1ccc(Br)s1)c1cccs1. The van der Waals surface area contributed by atoms with Crippen molar-refractivity contribution in [2.75, 3.05) is 0 Å². The first-order valence-electron chi connectivity index (χ1n) is 5.21. The average molecular weight is 316 g/mol. The van der Waals surface area contributed by atoms with Crippen LogP contribution in [0.25, 0.3) is 0 Å². The van der Waals surface area contributed by atoms with Crippen molar-refractivity contribution in [3.8, 4) is 0 Å². The maximum atomic E-state index is 3.61. The molecule has 4 heteroatoms. The summed E-state index contributed by atoms with van der Waals surface area (Å²) in [5.41, 5.74) is 0. The van der Waals surface area contributed by atoms with Crippen LogP contribution in [-0.2, 0) is 0 Å². The Bertz CT molecular complexity index is 436. The normalized spacial score (nSPS) is 14.9. The van der Waals surface area contributed by atoms with E-state index in [2.05, 4.69) is 64.7 Å². The van der Waals surface area contributed by atoms with Crippen LogP contribution in [0.1, 0.15) is 35.7 Å². The largest absolute Gasteiger partial charge is 0.302 e. The number of rotatable bonds is 4. The second kappa shape index (κ2) is 5.45. The molecular formula is C12H14BrNS2. The van der Waals surface area contributed by atoms with E-state index in [4.69, 9.17) is 0 Å². The predicted octanol–water partition coefficient (Wildman–Crippen LogP) is 4.98. The smallest absolute Gasteiger partial charge is 0.0701 e. The minimum Gasteiger partial charge on any atom is -0.302 e. The van der Waals surface area contributed by atoms with E-state index in [1.807, 2.05) is 0 Å². The highest BCUT2D eigenvalue weighted by Crippen LogP contribution is 2.29. The molecule has 1 N–H and O–H groups in total. The molecule has 16 heavy (non-hydrogen) atoms. The Balaban J connectivity index is 2.00. The van der Waals surface area contributed by atoms with Crippen molar-refractivity contribution in [3.63, 3.8) is 0 Å². The van der Waals surface area contributed by atoms with Crippen LogP contribution in [0.3, 0.4) is 0 Å². The fourth-order valence-corrected chi connectivity index (χ4v) is 3.82. The average Bonchev–Trinajstić information content (AvgIpc) is 2.87. The summed E-state index contributed by atoms with van der Waals surface area (Å²) < 4.78 is 1.19. The molecule has 0 aliphatic carbocycles. The van der Waals surface area contributed by atoms with Gasteiger partial charge in [0.05, 0.1) is 3.79 Å². The van der Waals surface area contributed by atoms with Crippen molar-refractivity contribution in [1.29, 1.82) is 0 Å². The van der Waals surface area contributed by atoms with Gasteiger partial charge in [-0.05, 0) is 53.4 Å². The zero-order valence-electron chi connectivity index (χ0n) is 9.24. The van der Waals surface area contributed by atoms with Gasteiger partial charge in [0.1, 0.15) is 0 Å². The summed E-state index contributed by atoms with van der Waals surface area (Å²) >= 11 is 7.10. The minimum atomic E-state index is 0.397. The van der Waals surface area contributed by atoms with Crippen LogP contribution in [0, 0.1) is 0 Å². The molecule has 2 unspecified atom stereocenters. The van der Waals surface area contributed by atoms with Crippen molar-refractivity contribution >= 4 is 38.6 Å². The molecule has 0 aromatic carbocycles. The lowest BCUT2D eigenvalue weighted by Crippen LogP contribution is -2.20. The highest BCUT2D eigenvalue weighted by Gasteiger charge is 2.13. The first-order chi connectivity index (χ1) is 7.66. The van der Waals surface area contributed by atoms with E-state index in [1.165, 1.54) is 13.5 Å². The van der Waals surface area contributed by atoms with Crippen LogP contribution >= 0.6 is 38.6 Å². The third-order valence-corrected chi connectivity index (χ3v) is 5.35. The molecule has 2 heterocycles. The molecule has 2 aromatic heterocycles. The van der Waals surface area contributed by atoms with E-state index in [-0.39, 0.29) is 0 Å². The Morgan fingerprint density at radius 2 is 1.88 bits per heavy atom. The van der Waals surface area contributed by atoms with Gasteiger partial charge in [-0.2, -0.15) is 0 Å². The predicted molar refractivity (Wildman–Crippen MR) is 76.3 cm³/mol. The summed E-state index contributed by atoms with van der Waals surface area (Å²) in [4.78, 5) is 2.76. The highest BCUT2D eigenvalue weighted by atomic mass is 79.9. The van der Waals surface area contributed by atoms with Crippen LogP contribution in [0.5, 0.6) is 0 Å². The van der Waals surface area contributed by atoms with Gasteiger partial charge in [-0.3, -0.25) is 0 Å². The Kier molecular flexibility index (Phi) is 4.19. The lowest BCUT2D eigenvalue weighted by molar-refractivity contribution is 0.506. The first kappa shape index (κ1) is 12.3. The zero-order chi connectivity index (χ0) is 11.5. The third-order valence-electron chi connectivity index (χ3n) is 2.49. The summed E-state index contributed by atoms with van der Waals surface area (Å²) in [6.45, 7) is 4.42. The lowest BCUT2D eigenvalue weighted by Gasteiger charge is -2.17. The molecule has 1 nitrogen and oxygen atoms in total. The van der Waals surface area contributed by atoms with Crippen LogP contribution in [-0.4, -0.2) is 0 Å². The maximum Gasteiger partial charge on any atom is 0.0701 e. The molecule has 0 aliphatic rings. The van der Waals surface area contributed by atoms with Crippen LogP contribution in [0.2, 0.25) is 0 Å². The molecule has 2 atom stereocenters. The standard InChI is InChI=1S/C12H14BrNS2/c1-8(10-4-3-7-15-10)14-9(2)11-5-6-12(13)16-11/h3-9,14H,1-2H3. The Morgan fingerprint density at radius 1 is 1.12 bits per heavy atom. The number of halogens is 1. The number of thiophene rings is 2. The quantitative estimate of drug-likeness (QED) is 0.838. The summed E-state index contributed by atoms with van der Waals surface area (Å²) in [7, 11) is 0. The molecule has 0 amide bonds. The van der Waals surface area contributed by atoms with Gasteiger partial charge in [-0.1, -0.05) is 6.07 Å². The number of hydrogen-bond acceptors (Lipinski definition) is 3. The van der Waals surface area contributed by atoms with Gasteiger partial charge < -0.3 is 5.32 Å². The zero-order valence-corrected chi connectivity index (χ0v) is 12.5. The van der Waals surface area contributed by atoms with E-state index >= 15 is 0 Å². The van der Waals surface area contributed by atoms with Crippen molar-refractivity contribution in [2.45, 2.75) is 25.9 Å². The summed E-state index contributed by atoms with van der Waals surface area (Å²) in [5.74, 6) is 0. The van der Waals surface area contributed by atoms with Gasteiger partial charge in [-0.15, -0.1) is 22.7 Å².